The van der Waals surface area contributed by atoms with Gasteiger partial charge in [-0.3, -0.25) is 4.79 Å². The lowest BCUT2D eigenvalue weighted by atomic mass is 10.1. The molecular formula is C15H16ClN3O2. The van der Waals surface area contributed by atoms with E-state index in [2.05, 4.69) is 15.3 Å². The molecule has 6 heteroatoms. The number of aromatic nitrogens is 2. The van der Waals surface area contributed by atoms with E-state index in [1.54, 1.807) is 18.3 Å². The van der Waals surface area contributed by atoms with Gasteiger partial charge in [0.05, 0.1) is 18.8 Å². The predicted molar refractivity (Wildman–Crippen MR) is 80.3 cm³/mol. The van der Waals surface area contributed by atoms with Crippen LogP contribution in [0.4, 0.5) is 0 Å². The molecule has 0 aliphatic carbocycles. The van der Waals surface area contributed by atoms with E-state index in [0.29, 0.717) is 23.1 Å². The summed E-state index contributed by atoms with van der Waals surface area (Å²) in [4.78, 5) is 19.4. The number of aromatic amines is 1. The topological polar surface area (TPSA) is 67.0 Å². The second-order valence-electron chi connectivity index (χ2n) is 5.04. The zero-order chi connectivity index (χ0) is 14.7. The largest absolute Gasteiger partial charge is 0.379 e. The first-order chi connectivity index (χ1) is 10.2. The van der Waals surface area contributed by atoms with E-state index in [1.165, 1.54) is 0 Å². The minimum Gasteiger partial charge on any atom is -0.379 e. The van der Waals surface area contributed by atoms with Crippen molar-refractivity contribution in [2.75, 3.05) is 13.2 Å². The van der Waals surface area contributed by atoms with Crippen molar-refractivity contribution in [1.29, 1.82) is 0 Å². The van der Waals surface area contributed by atoms with Gasteiger partial charge in [-0.2, -0.15) is 0 Å². The molecule has 1 amide bonds. The van der Waals surface area contributed by atoms with Crippen LogP contribution in [0.15, 0.2) is 30.5 Å². The number of hydrogen-bond donors (Lipinski definition) is 2. The normalized spacial score (nSPS) is 18.4. The second kappa shape index (κ2) is 6.28. The van der Waals surface area contributed by atoms with Gasteiger partial charge in [-0.15, -0.1) is 0 Å². The molecule has 0 bridgehead atoms. The van der Waals surface area contributed by atoms with Crippen molar-refractivity contribution in [1.82, 2.24) is 15.3 Å². The van der Waals surface area contributed by atoms with Gasteiger partial charge in [-0.1, -0.05) is 11.6 Å². The predicted octanol–water partition coefficient (Wildman–Crippen LogP) is 2.64. The van der Waals surface area contributed by atoms with Crippen LogP contribution < -0.4 is 5.32 Å². The van der Waals surface area contributed by atoms with Crippen LogP contribution in [0.2, 0.25) is 5.02 Å². The summed E-state index contributed by atoms with van der Waals surface area (Å²) >= 11 is 5.86. The van der Waals surface area contributed by atoms with Gasteiger partial charge < -0.3 is 15.0 Å². The fourth-order valence-electron chi connectivity index (χ4n) is 2.31. The van der Waals surface area contributed by atoms with Gasteiger partial charge in [0.1, 0.15) is 11.5 Å². The average molecular weight is 306 g/mol. The number of benzene rings is 1. The first-order valence-electron chi connectivity index (χ1n) is 6.92. The van der Waals surface area contributed by atoms with E-state index < -0.39 is 0 Å². The molecule has 1 aromatic heterocycles. The van der Waals surface area contributed by atoms with E-state index in [4.69, 9.17) is 16.3 Å². The molecule has 1 aromatic carbocycles. The fraction of sp³-hybridized carbons (Fsp3) is 0.333. The van der Waals surface area contributed by atoms with Crippen molar-refractivity contribution < 1.29 is 9.53 Å². The number of carbonyl (C=O) groups is 1. The number of nitrogens with zero attached hydrogens (tertiary/aromatic N) is 1. The van der Waals surface area contributed by atoms with Crippen molar-refractivity contribution >= 4 is 17.5 Å². The number of hydrogen-bond acceptors (Lipinski definition) is 3. The summed E-state index contributed by atoms with van der Waals surface area (Å²) in [5, 5.41) is 3.62. The average Bonchev–Trinajstić information content (AvgIpc) is 2.99. The number of rotatable bonds is 3. The van der Waals surface area contributed by atoms with Crippen molar-refractivity contribution in [3.63, 3.8) is 0 Å². The molecule has 110 valence electrons. The molecular weight excluding hydrogens is 290 g/mol. The van der Waals surface area contributed by atoms with Gasteiger partial charge in [0.2, 0.25) is 0 Å². The molecule has 1 aliphatic heterocycles. The Labute approximate surface area is 127 Å². The minimum absolute atomic E-state index is 0.0773. The van der Waals surface area contributed by atoms with Gasteiger partial charge in [0, 0.05) is 17.2 Å². The Bertz CT molecular complexity index is 618. The van der Waals surface area contributed by atoms with Gasteiger partial charge in [0.25, 0.3) is 5.91 Å². The summed E-state index contributed by atoms with van der Waals surface area (Å²) in [7, 11) is 0. The highest BCUT2D eigenvalue weighted by Gasteiger charge is 2.18. The number of amides is 1. The number of H-pyrrole nitrogens is 1. The van der Waals surface area contributed by atoms with Crippen LogP contribution in [0.3, 0.4) is 0 Å². The van der Waals surface area contributed by atoms with Crippen LogP contribution in [0, 0.1) is 0 Å². The molecule has 0 unspecified atom stereocenters. The summed E-state index contributed by atoms with van der Waals surface area (Å²) in [6.07, 6.45) is 3.47. The van der Waals surface area contributed by atoms with Crippen LogP contribution in [0.1, 0.15) is 23.3 Å². The van der Waals surface area contributed by atoms with Crippen molar-refractivity contribution in [3.8, 4) is 11.4 Å². The Morgan fingerprint density at radius 3 is 2.90 bits per heavy atom. The Balaban J connectivity index is 1.69. The van der Waals surface area contributed by atoms with Crippen LogP contribution in [-0.4, -0.2) is 35.1 Å². The van der Waals surface area contributed by atoms with Crippen LogP contribution in [0.5, 0.6) is 0 Å². The third kappa shape index (κ3) is 3.43. The molecule has 1 saturated heterocycles. The van der Waals surface area contributed by atoms with Gasteiger partial charge >= 0.3 is 0 Å². The molecule has 2 heterocycles. The minimum atomic E-state index is -0.154. The zero-order valence-corrected chi connectivity index (χ0v) is 12.2. The van der Waals surface area contributed by atoms with E-state index in [9.17, 15) is 4.79 Å². The Morgan fingerprint density at radius 1 is 1.38 bits per heavy atom. The highest BCUT2D eigenvalue weighted by atomic mass is 35.5. The first-order valence-corrected chi connectivity index (χ1v) is 7.30. The van der Waals surface area contributed by atoms with E-state index in [1.807, 2.05) is 12.1 Å². The van der Waals surface area contributed by atoms with E-state index >= 15 is 0 Å². The molecule has 1 aliphatic rings. The fourth-order valence-corrected chi connectivity index (χ4v) is 2.43. The summed E-state index contributed by atoms with van der Waals surface area (Å²) < 4.78 is 5.35. The maximum Gasteiger partial charge on any atom is 0.269 e. The summed E-state index contributed by atoms with van der Waals surface area (Å²) in [5.41, 5.74) is 1.34. The second-order valence-corrected chi connectivity index (χ2v) is 5.48. The highest BCUT2D eigenvalue weighted by Crippen LogP contribution is 2.18. The summed E-state index contributed by atoms with van der Waals surface area (Å²) in [6.45, 7) is 1.35. The number of halogens is 1. The number of nitrogens with one attached hydrogen (secondary N) is 2. The molecule has 0 radical (unpaired) electrons. The zero-order valence-electron chi connectivity index (χ0n) is 11.4. The Hall–Kier alpha value is -1.85. The SMILES string of the molecule is O=C(N[C@@H]1CCCOC1)c1cnc(-c2ccc(Cl)cc2)[nH]1. The van der Waals surface area contributed by atoms with Crippen molar-refractivity contribution in [2.45, 2.75) is 18.9 Å². The maximum absolute atomic E-state index is 12.2. The molecule has 3 rings (SSSR count). The van der Waals surface area contributed by atoms with Crippen molar-refractivity contribution in [3.05, 3.63) is 41.2 Å². The molecule has 1 fully saturated rings. The Kier molecular flexibility index (Phi) is 4.22. The molecule has 5 nitrogen and oxygen atoms in total. The third-order valence-corrected chi connectivity index (χ3v) is 3.69. The van der Waals surface area contributed by atoms with Gasteiger partial charge in [-0.25, -0.2) is 4.98 Å². The standard InChI is InChI=1S/C15H16ClN3O2/c16-11-5-3-10(4-6-11)14-17-8-13(19-14)15(20)18-12-2-1-7-21-9-12/h3-6,8,12H,1-2,7,9H2,(H,17,19)(H,18,20)/t12-/m1/s1. The van der Waals surface area contributed by atoms with E-state index in [-0.39, 0.29) is 11.9 Å². The molecule has 21 heavy (non-hydrogen) atoms. The number of imidazole rings is 1. The lowest BCUT2D eigenvalue weighted by Crippen LogP contribution is -2.40. The third-order valence-electron chi connectivity index (χ3n) is 3.43. The first kappa shape index (κ1) is 14.1. The Morgan fingerprint density at radius 2 is 2.19 bits per heavy atom. The molecule has 2 aromatic rings. The summed E-state index contributed by atoms with van der Waals surface area (Å²) in [5.74, 6) is 0.495. The van der Waals surface area contributed by atoms with Crippen molar-refractivity contribution in [2.24, 2.45) is 0 Å². The van der Waals surface area contributed by atoms with Crippen LogP contribution in [-0.2, 0) is 4.74 Å². The number of ether oxygens (including phenoxy) is 1. The summed E-state index contributed by atoms with van der Waals surface area (Å²) in [6, 6.07) is 7.38. The molecule has 1 atom stereocenters. The monoisotopic (exact) mass is 305 g/mol. The van der Waals surface area contributed by atoms with Gasteiger partial charge in [-0.05, 0) is 37.1 Å². The lowest BCUT2D eigenvalue weighted by Gasteiger charge is -2.22. The maximum atomic E-state index is 12.2. The molecule has 0 spiro atoms. The van der Waals surface area contributed by atoms with Gasteiger partial charge in [0.15, 0.2) is 0 Å². The molecule has 2 N–H and O–H groups in total. The van der Waals surface area contributed by atoms with Crippen LogP contribution >= 0.6 is 11.6 Å². The van der Waals surface area contributed by atoms with Crippen LogP contribution in [0.25, 0.3) is 11.4 Å². The quantitative estimate of drug-likeness (QED) is 0.916. The molecule has 0 saturated carbocycles. The van der Waals surface area contributed by atoms with E-state index in [0.717, 1.165) is 25.0 Å². The lowest BCUT2D eigenvalue weighted by molar-refractivity contribution is 0.0622. The highest BCUT2D eigenvalue weighted by molar-refractivity contribution is 6.30. The number of carbonyl (C=O) groups excluding carboxylic acids is 1. The smallest absolute Gasteiger partial charge is 0.269 e.